The highest BCUT2D eigenvalue weighted by atomic mass is 35.5. The smallest absolute Gasteiger partial charge is 0.298 e. The summed E-state index contributed by atoms with van der Waals surface area (Å²) in [5.41, 5.74) is -1.81. The van der Waals surface area contributed by atoms with Crippen LogP contribution in [0.3, 0.4) is 0 Å². The molecule has 1 N–H and O–H groups in total. The topological polar surface area (TPSA) is 54.9 Å². The van der Waals surface area contributed by atoms with E-state index in [9.17, 15) is 22.8 Å². The first kappa shape index (κ1) is 12.8. The highest BCUT2D eigenvalue weighted by Gasteiger charge is 2.31. The third kappa shape index (κ3) is 3.13. The number of alkyl halides is 3. The molecule has 90 valence electrons. The van der Waals surface area contributed by atoms with Crippen molar-refractivity contribution in [2.24, 2.45) is 0 Å². The summed E-state index contributed by atoms with van der Waals surface area (Å²) >= 11 is 5.37. The minimum absolute atomic E-state index is 0.203. The van der Waals surface area contributed by atoms with Gasteiger partial charge in [-0.2, -0.15) is 13.2 Å². The van der Waals surface area contributed by atoms with E-state index in [-0.39, 0.29) is 5.15 Å². The third-order valence-corrected chi connectivity index (χ3v) is 2.10. The second kappa shape index (κ2) is 4.32. The van der Waals surface area contributed by atoms with Gasteiger partial charge in [0, 0.05) is 12.1 Å². The lowest BCUT2D eigenvalue weighted by molar-refractivity contribution is -0.142. The summed E-state index contributed by atoms with van der Waals surface area (Å²) in [5, 5.41) is -0.203. The quantitative estimate of drug-likeness (QED) is 0.819. The zero-order valence-corrected chi connectivity index (χ0v) is 8.89. The molecule has 4 nitrogen and oxygen atoms in total. The van der Waals surface area contributed by atoms with E-state index in [2.05, 4.69) is 4.98 Å². The highest BCUT2D eigenvalue weighted by Crippen LogP contribution is 2.25. The van der Waals surface area contributed by atoms with Gasteiger partial charge in [-0.05, 0) is 6.92 Å². The summed E-state index contributed by atoms with van der Waals surface area (Å²) in [5.74, 6) is 0. The van der Waals surface area contributed by atoms with Crippen LogP contribution in [0.15, 0.2) is 15.7 Å². The van der Waals surface area contributed by atoms with Crippen molar-refractivity contribution in [1.29, 1.82) is 0 Å². The Morgan fingerprint density at radius 3 is 2.50 bits per heavy atom. The molecule has 1 rings (SSSR count). The fraction of sp³-hybridized carbons (Fsp3) is 0.500. The number of aromatic amines is 1. The molecular weight excluding hydrogens is 249 g/mol. The Labute approximate surface area is 92.7 Å². The molecule has 16 heavy (non-hydrogen) atoms. The predicted molar refractivity (Wildman–Crippen MR) is 51.7 cm³/mol. The monoisotopic (exact) mass is 256 g/mol. The molecule has 0 fully saturated rings. The van der Waals surface area contributed by atoms with E-state index in [0.29, 0.717) is 4.57 Å². The van der Waals surface area contributed by atoms with Gasteiger partial charge in [0.15, 0.2) is 0 Å². The molecule has 0 amide bonds. The van der Waals surface area contributed by atoms with Gasteiger partial charge < -0.3 is 0 Å². The van der Waals surface area contributed by atoms with E-state index in [4.69, 9.17) is 11.6 Å². The van der Waals surface area contributed by atoms with E-state index in [1.165, 1.54) is 0 Å². The van der Waals surface area contributed by atoms with E-state index >= 15 is 0 Å². The van der Waals surface area contributed by atoms with Crippen molar-refractivity contribution in [3.05, 3.63) is 32.1 Å². The molecule has 1 aromatic heterocycles. The number of hydrogen-bond acceptors (Lipinski definition) is 2. The maximum absolute atomic E-state index is 12.1. The van der Waals surface area contributed by atoms with E-state index in [0.717, 1.165) is 13.0 Å². The lowest BCUT2D eigenvalue weighted by Gasteiger charge is -2.15. The van der Waals surface area contributed by atoms with E-state index in [1.54, 1.807) is 0 Å². The summed E-state index contributed by atoms with van der Waals surface area (Å²) in [6.07, 6.45) is -5.69. The van der Waals surface area contributed by atoms with Crippen molar-refractivity contribution >= 4 is 11.6 Å². The first-order valence-electron chi connectivity index (χ1n) is 4.29. The Hall–Kier alpha value is -1.24. The number of H-pyrrole nitrogens is 1. The van der Waals surface area contributed by atoms with Crippen LogP contribution in [0, 0.1) is 0 Å². The average Bonchev–Trinajstić information content (AvgIpc) is 1.96. The molecule has 1 heterocycles. The number of rotatable bonds is 2. The molecule has 0 aromatic carbocycles. The van der Waals surface area contributed by atoms with Crippen molar-refractivity contribution < 1.29 is 13.2 Å². The van der Waals surface area contributed by atoms with Crippen LogP contribution in [0.2, 0.25) is 5.15 Å². The number of halogens is 4. The molecule has 0 aliphatic heterocycles. The van der Waals surface area contributed by atoms with E-state index < -0.39 is 29.9 Å². The SMILES string of the molecule is CC(CC(F)(F)F)n1c(=O)cc(Cl)[nH]c1=O. The molecule has 1 atom stereocenters. The fourth-order valence-corrected chi connectivity index (χ4v) is 1.49. The van der Waals surface area contributed by atoms with Crippen molar-refractivity contribution in [2.45, 2.75) is 25.6 Å². The van der Waals surface area contributed by atoms with Gasteiger partial charge in [-0.3, -0.25) is 14.3 Å². The summed E-state index contributed by atoms with van der Waals surface area (Å²) < 4.78 is 36.7. The Morgan fingerprint density at radius 1 is 1.50 bits per heavy atom. The maximum Gasteiger partial charge on any atom is 0.391 e. The van der Waals surface area contributed by atoms with Crippen LogP contribution in [0.5, 0.6) is 0 Å². The van der Waals surface area contributed by atoms with Gasteiger partial charge in [0.2, 0.25) is 0 Å². The summed E-state index contributed by atoms with van der Waals surface area (Å²) in [6.45, 7) is 1.14. The number of nitrogens with zero attached hydrogens (tertiary/aromatic N) is 1. The largest absolute Gasteiger partial charge is 0.391 e. The molecule has 0 spiro atoms. The first-order valence-corrected chi connectivity index (χ1v) is 4.66. The van der Waals surface area contributed by atoms with E-state index in [1.807, 2.05) is 0 Å². The van der Waals surface area contributed by atoms with Crippen LogP contribution >= 0.6 is 11.6 Å². The molecule has 1 unspecified atom stereocenters. The summed E-state index contributed by atoms with van der Waals surface area (Å²) in [7, 11) is 0. The summed E-state index contributed by atoms with van der Waals surface area (Å²) in [6, 6.07) is -0.413. The standard InChI is InChI=1S/C8H8ClF3N2O2/c1-4(3-8(10,11)12)14-6(15)2-5(9)13-7(14)16/h2,4H,3H2,1H3,(H,13,16). The van der Waals surface area contributed by atoms with Gasteiger partial charge in [-0.1, -0.05) is 11.6 Å². The molecule has 0 aliphatic carbocycles. The molecule has 8 heteroatoms. The van der Waals surface area contributed by atoms with Gasteiger partial charge in [0.1, 0.15) is 5.15 Å². The minimum Gasteiger partial charge on any atom is -0.298 e. The zero-order valence-electron chi connectivity index (χ0n) is 8.14. The highest BCUT2D eigenvalue weighted by molar-refractivity contribution is 6.29. The van der Waals surface area contributed by atoms with Crippen molar-refractivity contribution in [3.8, 4) is 0 Å². The number of hydrogen-bond donors (Lipinski definition) is 1. The van der Waals surface area contributed by atoms with Crippen LogP contribution in [0.4, 0.5) is 13.2 Å². The molecule has 0 saturated carbocycles. The zero-order chi connectivity index (χ0) is 12.5. The lowest BCUT2D eigenvalue weighted by atomic mass is 10.2. The Balaban J connectivity index is 3.15. The third-order valence-electron chi connectivity index (χ3n) is 1.90. The second-order valence-electron chi connectivity index (χ2n) is 3.30. The Morgan fingerprint density at radius 2 is 2.06 bits per heavy atom. The van der Waals surface area contributed by atoms with Crippen molar-refractivity contribution in [1.82, 2.24) is 9.55 Å². The fourth-order valence-electron chi connectivity index (χ4n) is 1.32. The Kier molecular flexibility index (Phi) is 3.47. The molecule has 0 aliphatic rings. The molecule has 0 radical (unpaired) electrons. The molecule has 0 bridgehead atoms. The molecular formula is C8H8ClF3N2O2. The van der Waals surface area contributed by atoms with Crippen LogP contribution in [-0.4, -0.2) is 15.7 Å². The predicted octanol–water partition coefficient (Wildman–Crippen LogP) is 1.70. The lowest BCUT2D eigenvalue weighted by Crippen LogP contribution is -2.38. The van der Waals surface area contributed by atoms with Crippen molar-refractivity contribution in [3.63, 3.8) is 0 Å². The van der Waals surface area contributed by atoms with Gasteiger partial charge >= 0.3 is 11.9 Å². The van der Waals surface area contributed by atoms with Crippen LogP contribution in [-0.2, 0) is 0 Å². The first-order chi connectivity index (χ1) is 7.20. The minimum atomic E-state index is -4.44. The van der Waals surface area contributed by atoms with Gasteiger partial charge in [-0.25, -0.2) is 4.79 Å². The number of nitrogens with one attached hydrogen (secondary N) is 1. The molecule has 1 aromatic rings. The molecule has 0 saturated heterocycles. The Bertz CT molecular complexity index is 460. The summed E-state index contributed by atoms with van der Waals surface area (Å²) in [4.78, 5) is 24.6. The van der Waals surface area contributed by atoms with Crippen LogP contribution < -0.4 is 11.2 Å². The van der Waals surface area contributed by atoms with Crippen molar-refractivity contribution in [2.75, 3.05) is 0 Å². The number of aromatic nitrogens is 2. The van der Waals surface area contributed by atoms with Crippen LogP contribution in [0.25, 0.3) is 0 Å². The second-order valence-corrected chi connectivity index (χ2v) is 3.71. The van der Waals surface area contributed by atoms with Gasteiger partial charge in [0.05, 0.1) is 6.42 Å². The van der Waals surface area contributed by atoms with Gasteiger partial charge in [-0.15, -0.1) is 0 Å². The van der Waals surface area contributed by atoms with Crippen LogP contribution in [0.1, 0.15) is 19.4 Å². The normalized spacial score (nSPS) is 13.8. The maximum atomic E-state index is 12.1. The van der Waals surface area contributed by atoms with Gasteiger partial charge in [0.25, 0.3) is 5.56 Å². The average molecular weight is 257 g/mol.